The van der Waals surface area contributed by atoms with Crippen LogP contribution in [0, 0.1) is 5.82 Å². The number of hydrogen-bond acceptors (Lipinski definition) is 4. The Morgan fingerprint density at radius 3 is 2.74 bits per heavy atom. The molecule has 1 N–H and O–H groups in total. The minimum absolute atomic E-state index is 0.0839. The van der Waals surface area contributed by atoms with Gasteiger partial charge in [0.2, 0.25) is 5.91 Å². The topological polar surface area (TPSA) is 50.8 Å². The highest BCUT2D eigenvalue weighted by molar-refractivity contribution is 5.82. The van der Waals surface area contributed by atoms with Gasteiger partial charge >= 0.3 is 0 Å². The van der Waals surface area contributed by atoms with Crippen molar-refractivity contribution in [3.63, 3.8) is 0 Å². The molecule has 1 aromatic carbocycles. The van der Waals surface area contributed by atoms with Crippen LogP contribution < -0.4 is 10.1 Å². The highest BCUT2D eigenvalue weighted by Crippen LogP contribution is 2.23. The highest BCUT2D eigenvalue weighted by atomic mass is 19.1. The van der Waals surface area contributed by atoms with Gasteiger partial charge in [-0.25, -0.2) is 4.39 Å². The number of morpholine rings is 1. The van der Waals surface area contributed by atoms with E-state index < -0.39 is 0 Å². The lowest BCUT2D eigenvalue weighted by atomic mass is 10.1. The molecule has 1 aliphatic rings. The van der Waals surface area contributed by atoms with Gasteiger partial charge in [-0.05, 0) is 31.0 Å². The summed E-state index contributed by atoms with van der Waals surface area (Å²) < 4.78 is 23.8. The van der Waals surface area contributed by atoms with E-state index >= 15 is 0 Å². The molecule has 0 radical (unpaired) electrons. The third-order valence-electron chi connectivity index (χ3n) is 4.16. The van der Waals surface area contributed by atoms with Gasteiger partial charge in [0.15, 0.2) is 11.6 Å². The van der Waals surface area contributed by atoms with E-state index in [2.05, 4.69) is 5.32 Å². The number of nitrogens with one attached hydrogen (secondary N) is 1. The van der Waals surface area contributed by atoms with E-state index in [1.807, 2.05) is 18.7 Å². The van der Waals surface area contributed by atoms with E-state index in [1.165, 1.54) is 13.2 Å². The van der Waals surface area contributed by atoms with Gasteiger partial charge in [-0.15, -0.1) is 0 Å². The second-order valence-electron chi connectivity index (χ2n) is 5.68. The van der Waals surface area contributed by atoms with Gasteiger partial charge in [0.05, 0.1) is 26.4 Å². The number of rotatable bonds is 6. The molecule has 1 amide bonds. The summed E-state index contributed by atoms with van der Waals surface area (Å²) in [6.45, 7) is 6.39. The number of nitrogens with zero attached hydrogens (tertiary/aromatic N) is 1. The lowest BCUT2D eigenvalue weighted by Crippen LogP contribution is -2.50. The van der Waals surface area contributed by atoms with Crippen molar-refractivity contribution in [2.75, 3.05) is 33.4 Å². The monoisotopic (exact) mass is 324 g/mol. The molecular weight excluding hydrogens is 299 g/mol. The third-order valence-corrected chi connectivity index (χ3v) is 4.16. The first-order valence-corrected chi connectivity index (χ1v) is 8.02. The van der Waals surface area contributed by atoms with Crippen molar-refractivity contribution in [1.82, 2.24) is 10.2 Å². The SMILES string of the molecule is CC[C@@H](N[C@H](C)c1ccc(F)c(OC)c1)C(=O)N1CCOCC1. The summed E-state index contributed by atoms with van der Waals surface area (Å²) in [6.07, 6.45) is 0.693. The van der Waals surface area contributed by atoms with Crippen molar-refractivity contribution < 1.29 is 18.7 Å². The molecule has 1 aliphatic heterocycles. The van der Waals surface area contributed by atoms with E-state index in [1.54, 1.807) is 12.1 Å². The predicted octanol–water partition coefficient (Wildman–Crippen LogP) is 2.12. The quantitative estimate of drug-likeness (QED) is 0.871. The Bertz CT molecular complexity index is 533. The summed E-state index contributed by atoms with van der Waals surface area (Å²) in [5.74, 6) is -0.0830. The molecule has 0 unspecified atom stereocenters. The molecule has 1 saturated heterocycles. The Morgan fingerprint density at radius 2 is 2.13 bits per heavy atom. The van der Waals surface area contributed by atoms with Gasteiger partial charge in [-0.2, -0.15) is 0 Å². The number of carbonyl (C=O) groups is 1. The number of halogens is 1. The average molecular weight is 324 g/mol. The van der Waals surface area contributed by atoms with Crippen molar-refractivity contribution in [2.45, 2.75) is 32.4 Å². The summed E-state index contributed by atoms with van der Waals surface area (Å²) in [7, 11) is 1.44. The summed E-state index contributed by atoms with van der Waals surface area (Å²) in [6, 6.07) is 4.41. The van der Waals surface area contributed by atoms with Gasteiger partial charge < -0.3 is 14.4 Å². The Hall–Kier alpha value is -1.66. The Labute approximate surface area is 136 Å². The second kappa shape index (κ2) is 8.26. The van der Waals surface area contributed by atoms with Crippen LogP contribution in [0.5, 0.6) is 5.75 Å². The molecule has 128 valence electrons. The summed E-state index contributed by atoms with van der Waals surface area (Å²) >= 11 is 0. The normalized spacial score (nSPS) is 17.7. The highest BCUT2D eigenvalue weighted by Gasteiger charge is 2.26. The smallest absolute Gasteiger partial charge is 0.239 e. The van der Waals surface area contributed by atoms with Crippen LogP contribution in [0.1, 0.15) is 31.9 Å². The number of amides is 1. The molecule has 0 aliphatic carbocycles. The zero-order valence-corrected chi connectivity index (χ0v) is 14.0. The van der Waals surface area contributed by atoms with Crippen molar-refractivity contribution in [2.24, 2.45) is 0 Å². The van der Waals surface area contributed by atoms with Crippen LogP contribution in [0.4, 0.5) is 4.39 Å². The summed E-state index contributed by atoms with van der Waals surface area (Å²) in [5, 5.41) is 3.34. The molecule has 0 bridgehead atoms. The summed E-state index contributed by atoms with van der Waals surface area (Å²) in [4.78, 5) is 14.4. The van der Waals surface area contributed by atoms with Gasteiger partial charge in [0.25, 0.3) is 0 Å². The van der Waals surface area contributed by atoms with E-state index in [9.17, 15) is 9.18 Å². The molecule has 1 fully saturated rings. The van der Waals surface area contributed by atoms with Gasteiger partial charge in [0, 0.05) is 19.1 Å². The number of benzene rings is 1. The molecule has 0 aromatic heterocycles. The number of carbonyl (C=O) groups excluding carboxylic acids is 1. The Kier molecular flexibility index (Phi) is 6.36. The first-order valence-electron chi connectivity index (χ1n) is 8.02. The molecule has 2 atom stereocenters. The minimum atomic E-state index is -0.389. The van der Waals surface area contributed by atoms with Gasteiger partial charge in [0.1, 0.15) is 0 Å². The van der Waals surface area contributed by atoms with E-state index in [0.29, 0.717) is 32.7 Å². The molecule has 1 heterocycles. The molecule has 2 rings (SSSR count). The minimum Gasteiger partial charge on any atom is -0.494 e. The molecule has 23 heavy (non-hydrogen) atoms. The number of ether oxygens (including phenoxy) is 2. The zero-order valence-electron chi connectivity index (χ0n) is 14.0. The Balaban J connectivity index is 2.03. The van der Waals surface area contributed by atoms with Gasteiger partial charge in [-0.1, -0.05) is 13.0 Å². The maximum Gasteiger partial charge on any atom is 0.239 e. The standard InChI is InChI=1S/C17H25FN2O3/c1-4-15(17(21)20-7-9-23-10-8-20)19-12(2)13-5-6-14(18)16(11-13)22-3/h5-6,11-12,15,19H,4,7-10H2,1-3H3/t12-,15-/m1/s1. The molecule has 6 heteroatoms. The first-order chi connectivity index (χ1) is 11.1. The van der Waals surface area contributed by atoms with Crippen LogP contribution in [0.15, 0.2) is 18.2 Å². The number of hydrogen-bond donors (Lipinski definition) is 1. The maximum absolute atomic E-state index is 13.5. The molecule has 0 saturated carbocycles. The van der Waals surface area contributed by atoms with Crippen molar-refractivity contribution in [3.8, 4) is 5.75 Å². The van der Waals surface area contributed by atoms with Crippen LogP contribution >= 0.6 is 0 Å². The Morgan fingerprint density at radius 1 is 1.43 bits per heavy atom. The van der Waals surface area contributed by atoms with Crippen molar-refractivity contribution >= 4 is 5.91 Å². The van der Waals surface area contributed by atoms with Gasteiger partial charge in [-0.3, -0.25) is 10.1 Å². The predicted molar refractivity (Wildman–Crippen MR) is 86.0 cm³/mol. The van der Waals surface area contributed by atoms with Crippen molar-refractivity contribution in [3.05, 3.63) is 29.6 Å². The van der Waals surface area contributed by atoms with Crippen LogP contribution in [-0.4, -0.2) is 50.3 Å². The lowest BCUT2D eigenvalue weighted by Gasteiger charge is -2.31. The number of methoxy groups -OCH3 is 1. The fourth-order valence-corrected chi connectivity index (χ4v) is 2.71. The van der Waals surface area contributed by atoms with Crippen LogP contribution in [-0.2, 0) is 9.53 Å². The van der Waals surface area contributed by atoms with E-state index in [4.69, 9.17) is 9.47 Å². The lowest BCUT2D eigenvalue weighted by molar-refractivity contribution is -0.137. The first kappa shape index (κ1) is 17.7. The molecule has 0 spiro atoms. The summed E-state index contributed by atoms with van der Waals surface area (Å²) in [5.41, 5.74) is 0.886. The van der Waals surface area contributed by atoms with E-state index in [-0.39, 0.29) is 29.6 Å². The fourth-order valence-electron chi connectivity index (χ4n) is 2.71. The third kappa shape index (κ3) is 4.42. The fraction of sp³-hybridized carbons (Fsp3) is 0.588. The average Bonchev–Trinajstić information content (AvgIpc) is 2.60. The van der Waals surface area contributed by atoms with Crippen LogP contribution in [0.2, 0.25) is 0 Å². The largest absolute Gasteiger partial charge is 0.494 e. The zero-order chi connectivity index (χ0) is 16.8. The molecule has 5 nitrogen and oxygen atoms in total. The molecule has 1 aromatic rings. The van der Waals surface area contributed by atoms with Crippen molar-refractivity contribution in [1.29, 1.82) is 0 Å². The van der Waals surface area contributed by atoms with Crippen LogP contribution in [0.3, 0.4) is 0 Å². The maximum atomic E-state index is 13.5. The van der Waals surface area contributed by atoms with E-state index in [0.717, 1.165) is 5.56 Å². The van der Waals surface area contributed by atoms with Crippen LogP contribution in [0.25, 0.3) is 0 Å². The second-order valence-corrected chi connectivity index (χ2v) is 5.68. The molecular formula is C17H25FN2O3.